The van der Waals surface area contributed by atoms with Gasteiger partial charge in [0.25, 0.3) is 0 Å². The van der Waals surface area contributed by atoms with Gasteiger partial charge < -0.3 is 20.8 Å². The summed E-state index contributed by atoms with van der Waals surface area (Å²) in [4.78, 5) is 17.6. The highest BCUT2D eigenvalue weighted by Gasteiger charge is 2.35. The first-order valence-corrected chi connectivity index (χ1v) is 7.20. The maximum atomic E-state index is 13.3. The number of carbonyl (C=O) groups is 1. The third kappa shape index (κ3) is 3.45. The highest BCUT2D eigenvalue weighted by atomic mass is 35.5. The van der Waals surface area contributed by atoms with Crippen molar-refractivity contribution in [1.29, 1.82) is 0 Å². The molecule has 130 valence electrons. The fourth-order valence-electron chi connectivity index (χ4n) is 2.25. The third-order valence-corrected chi connectivity index (χ3v) is 3.56. The van der Waals surface area contributed by atoms with Crippen molar-refractivity contribution in [3.63, 3.8) is 0 Å². The average Bonchev–Trinajstić information content (AvgIpc) is 2.90. The van der Waals surface area contributed by atoms with Gasteiger partial charge in [0.1, 0.15) is 22.7 Å². The zero-order chi connectivity index (χ0) is 18.2. The minimum Gasteiger partial charge on any atom is -0.456 e. The standard InChI is InChI=1S/C15H10ClF3N4O2/c16-9-6-22-13-12(9)11(3-4-21-13)25-10-2-1-7(23-14(20)24)5-8(10)15(17,18)19/h1-6H,(H,21,22)(H3,20,23,24). The van der Waals surface area contributed by atoms with Crippen LogP contribution in [-0.4, -0.2) is 16.0 Å². The van der Waals surface area contributed by atoms with Crippen molar-refractivity contribution < 1.29 is 22.7 Å². The normalized spacial score (nSPS) is 11.5. The Bertz CT molecular complexity index is 956. The van der Waals surface area contributed by atoms with Gasteiger partial charge in [0, 0.05) is 18.1 Å². The van der Waals surface area contributed by atoms with Crippen LogP contribution in [0.25, 0.3) is 11.0 Å². The zero-order valence-corrected chi connectivity index (χ0v) is 13.1. The van der Waals surface area contributed by atoms with Crippen molar-refractivity contribution in [2.24, 2.45) is 5.73 Å². The number of nitrogens with zero attached hydrogens (tertiary/aromatic N) is 1. The molecular formula is C15H10ClF3N4O2. The second-order valence-corrected chi connectivity index (χ2v) is 5.38. The number of ether oxygens (including phenoxy) is 1. The molecule has 0 saturated heterocycles. The van der Waals surface area contributed by atoms with Crippen LogP contribution < -0.4 is 15.8 Å². The Morgan fingerprint density at radius 3 is 2.72 bits per heavy atom. The Morgan fingerprint density at radius 1 is 1.28 bits per heavy atom. The van der Waals surface area contributed by atoms with Gasteiger partial charge >= 0.3 is 12.2 Å². The molecule has 3 rings (SSSR count). The number of pyridine rings is 1. The number of aromatic amines is 1. The molecule has 0 aliphatic heterocycles. The summed E-state index contributed by atoms with van der Waals surface area (Å²) in [5.74, 6) is -0.343. The van der Waals surface area contributed by atoms with Crippen molar-refractivity contribution in [3.05, 3.63) is 47.2 Å². The van der Waals surface area contributed by atoms with E-state index in [0.717, 1.165) is 12.1 Å². The van der Waals surface area contributed by atoms with E-state index in [9.17, 15) is 18.0 Å². The molecule has 0 unspecified atom stereocenters. The summed E-state index contributed by atoms with van der Waals surface area (Å²) in [6, 6.07) is 3.49. The van der Waals surface area contributed by atoms with Crippen LogP contribution in [0.3, 0.4) is 0 Å². The van der Waals surface area contributed by atoms with Gasteiger partial charge in [-0.3, -0.25) is 0 Å². The molecule has 2 aromatic heterocycles. The quantitative estimate of drug-likeness (QED) is 0.633. The van der Waals surface area contributed by atoms with Gasteiger partial charge in [0.05, 0.1) is 10.4 Å². The fraction of sp³-hybridized carbons (Fsp3) is 0.0667. The Kier molecular flexibility index (Phi) is 4.17. The maximum absolute atomic E-state index is 13.3. The largest absolute Gasteiger partial charge is 0.456 e. The number of amides is 2. The molecule has 4 N–H and O–H groups in total. The first-order chi connectivity index (χ1) is 11.8. The maximum Gasteiger partial charge on any atom is 0.420 e. The van der Waals surface area contributed by atoms with E-state index >= 15 is 0 Å². The highest BCUT2D eigenvalue weighted by molar-refractivity contribution is 6.36. The summed E-state index contributed by atoms with van der Waals surface area (Å²) in [5, 5.41) is 2.71. The van der Waals surface area contributed by atoms with Crippen molar-refractivity contribution in [2.45, 2.75) is 6.18 Å². The monoisotopic (exact) mass is 370 g/mol. The molecule has 25 heavy (non-hydrogen) atoms. The predicted octanol–water partition coefficient (Wildman–Crippen LogP) is 4.52. The van der Waals surface area contributed by atoms with Crippen LogP contribution in [0.1, 0.15) is 5.56 Å². The van der Waals surface area contributed by atoms with Crippen LogP contribution in [-0.2, 0) is 6.18 Å². The van der Waals surface area contributed by atoms with E-state index in [0.29, 0.717) is 11.0 Å². The number of fused-ring (bicyclic) bond motifs is 1. The number of hydrogen-bond donors (Lipinski definition) is 3. The molecule has 10 heteroatoms. The molecule has 0 saturated carbocycles. The molecule has 6 nitrogen and oxygen atoms in total. The smallest absolute Gasteiger partial charge is 0.420 e. The van der Waals surface area contributed by atoms with Gasteiger partial charge in [-0.1, -0.05) is 11.6 Å². The second-order valence-electron chi connectivity index (χ2n) is 4.97. The van der Waals surface area contributed by atoms with Crippen molar-refractivity contribution in [1.82, 2.24) is 9.97 Å². The number of rotatable bonds is 3. The van der Waals surface area contributed by atoms with E-state index in [-0.39, 0.29) is 16.5 Å². The molecule has 0 radical (unpaired) electrons. The first kappa shape index (κ1) is 16.9. The number of aromatic nitrogens is 2. The van der Waals surface area contributed by atoms with E-state index in [1.807, 2.05) is 0 Å². The Morgan fingerprint density at radius 2 is 2.04 bits per heavy atom. The molecule has 0 fully saturated rings. The minimum absolute atomic E-state index is 0.105. The molecule has 0 aliphatic rings. The number of nitrogens with one attached hydrogen (secondary N) is 2. The average molecular weight is 371 g/mol. The van der Waals surface area contributed by atoms with Gasteiger partial charge in [-0.15, -0.1) is 0 Å². The number of carbonyl (C=O) groups excluding carboxylic acids is 1. The van der Waals surface area contributed by atoms with Gasteiger partial charge in [0.15, 0.2) is 0 Å². The number of primary amides is 1. The zero-order valence-electron chi connectivity index (χ0n) is 12.3. The Labute approximate surface area is 143 Å². The topological polar surface area (TPSA) is 93.0 Å². The van der Waals surface area contributed by atoms with E-state index in [1.54, 1.807) is 0 Å². The molecule has 1 aromatic carbocycles. The number of urea groups is 1. The van der Waals surface area contributed by atoms with Gasteiger partial charge in [-0.2, -0.15) is 13.2 Å². The summed E-state index contributed by atoms with van der Waals surface area (Å²) < 4.78 is 45.4. The number of nitrogens with two attached hydrogens (primary N) is 1. The van der Waals surface area contributed by atoms with Crippen LogP contribution in [0.15, 0.2) is 36.7 Å². The number of hydrogen-bond acceptors (Lipinski definition) is 3. The van der Waals surface area contributed by atoms with Crippen LogP contribution in [0.5, 0.6) is 11.5 Å². The van der Waals surface area contributed by atoms with Crippen molar-refractivity contribution >= 4 is 34.4 Å². The lowest BCUT2D eigenvalue weighted by atomic mass is 10.1. The van der Waals surface area contributed by atoms with Crippen LogP contribution in [0.2, 0.25) is 5.02 Å². The molecular weight excluding hydrogens is 361 g/mol. The van der Waals surface area contributed by atoms with Gasteiger partial charge in [0.2, 0.25) is 0 Å². The number of alkyl halides is 3. The molecule has 0 bridgehead atoms. The molecule has 3 aromatic rings. The number of halogens is 4. The summed E-state index contributed by atoms with van der Waals surface area (Å²) in [6.45, 7) is 0. The predicted molar refractivity (Wildman–Crippen MR) is 85.8 cm³/mol. The Balaban J connectivity index is 2.07. The van der Waals surface area contributed by atoms with Crippen LogP contribution in [0, 0.1) is 0 Å². The number of anilines is 1. The van der Waals surface area contributed by atoms with E-state index in [2.05, 4.69) is 15.3 Å². The highest BCUT2D eigenvalue weighted by Crippen LogP contribution is 2.41. The van der Waals surface area contributed by atoms with Gasteiger partial charge in [-0.05, 0) is 24.3 Å². The van der Waals surface area contributed by atoms with Crippen LogP contribution in [0.4, 0.5) is 23.7 Å². The molecule has 2 heterocycles. The van der Waals surface area contributed by atoms with E-state index in [1.165, 1.54) is 24.5 Å². The lowest BCUT2D eigenvalue weighted by Gasteiger charge is -2.15. The summed E-state index contributed by atoms with van der Waals surface area (Å²) in [5.41, 5.74) is 4.12. The lowest BCUT2D eigenvalue weighted by Crippen LogP contribution is -2.19. The second kappa shape index (κ2) is 6.17. The molecule has 2 amide bonds. The first-order valence-electron chi connectivity index (χ1n) is 6.83. The fourth-order valence-corrected chi connectivity index (χ4v) is 2.49. The molecule has 0 aliphatic carbocycles. The van der Waals surface area contributed by atoms with Crippen LogP contribution >= 0.6 is 11.6 Å². The SMILES string of the molecule is NC(=O)Nc1ccc(Oc2ccnc3[nH]cc(Cl)c23)c(C(F)(F)F)c1. The van der Waals surface area contributed by atoms with Crippen molar-refractivity contribution in [2.75, 3.05) is 5.32 Å². The summed E-state index contributed by atoms with van der Waals surface area (Å²) in [7, 11) is 0. The van der Waals surface area contributed by atoms with Gasteiger partial charge in [-0.25, -0.2) is 9.78 Å². The molecule has 0 atom stereocenters. The summed E-state index contributed by atoms with van der Waals surface area (Å²) in [6.07, 6.45) is -1.88. The van der Waals surface area contributed by atoms with Crippen molar-refractivity contribution in [3.8, 4) is 11.5 Å². The van der Waals surface area contributed by atoms with E-state index < -0.39 is 23.5 Å². The lowest BCUT2D eigenvalue weighted by molar-refractivity contribution is -0.138. The molecule has 0 spiro atoms. The number of benzene rings is 1. The third-order valence-electron chi connectivity index (χ3n) is 3.26. The summed E-state index contributed by atoms with van der Waals surface area (Å²) >= 11 is 6.02. The Hall–Kier alpha value is -2.94. The number of H-pyrrole nitrogens is 1. The minimum atomic E-state index is -4.71. The van der Waals surface area contributed by atoms with E-state index in [4.69, 9.17) is 22.1 Å².